The summed E-state index contributed by atoms with van der Waals surface area (Å²) in [5.74, 6) is 0. The number of rotatable bonds is 4. The first-order chi connectivity index (χ1) is 8.34. The molecule has 4 heteroatoms. The van der Waals surface area contributed by atoms with Gasteiger partial charge in [-0.15, -0.1) is 0 Å². The van der Waals surface area contributed by atoms with Crippen LogP contribution >= 0.6 is 11.6 Å². The smallest absolute Gasteiger partial charge is 0.142 e. The van der Waals surface area contributed by atoms with Crippen LogP contribution in [0.5, 0.6) is 0 Å². The van der Waals surface area contributed by atoms with Crippen molar-refractivity contribution in [3.05, 3.63) is 64.9 Å². The van der Waals surface area contributed by atoms with Crippen LogP contribution in [0.15, 0.2) is 53.8 Å². The zero-order chi connectivity index (χ0) is 11.9. The van der Waals surface area contributed by atoms with E-state index < -0.39 is 0 Å². The molecule has 17 heavy (non-hydrogen) atoms. The average molecular weight is 247 g/mol. The molecule has 1 heterocycles. The number of hydrogen-bond donors (Lipinski definition) is 0. The first-order valence-electron chi connectivity index (χ1n) is 5.15. The number of hydrogen-bond acceptors (Lipinski definition) is 3. The number of pyridine rings is 1. The first kappa shape index (κ1) is 11.6. The van der Waals surface area contributed by atoms with Gasteiger partial charge in [0.15, 0.2) is 0 Å². The number of nitrogens with zero attached hydrogens (tertiary/aromatic N) is 2. The summed E-state index contributed by atoms with van der Waals surface area (Å²) in [6.45, 7) is 0.457. The van der Waals surface area contributed by atoms with Gasteiger partial charge in [-0.25, -0.2) is 4.98 Å². The van der Waals surface area contributed by atoms with E-state index in [2.05, 4.69) is 10.1 Å². The van der Waals surface area contributed by atoms with Gasteiger partial charge in [0, 0.05) is 11.8 Å². The maximum Gasteiger partial charge on any atom is 0.142 e. The molecule has 0 aliphatic rings. The molecule has 0 aliphatic heterocycles. The van der Waals surface area contributed by atoms with E-state index in [0.717, 1.165) is 11.1 Å². The second kappa shape index (κ2) is 6.01. The number of aromatic nitrogens is 1. The normalized spacial score (nSPS) is 10.6. The van der Waals surface area contributed by atoms with E-state index >= 15 is 0 Å². The van der Waals surface area contributed by atoms with Crippen LogP contribution in [0.3, 0.4) is 0 Å². The second-order valence-electron chi connectivity index (χ2n) is 3.41. The molecule has 0 bridgehead atoms. The molecular formula is C13H11ClN2O. The number of benzene rings is 1. The Hall–Kier alpha value is -1.87. The zero-order valence-corrected chi connectivity index (χ0v) is 9.84. The number of oxime groups is 1. The van der Waals surface area contributed by atoms with Gasteiger partial charge in [0.25, 0.3) is 0 Å². The van der Waals surface area contributed by atoms with Crippen LogP contribution in [-0.2, 0) is 11.4 Å². The Bertz CT molecular complexity index is 483. The third-order valence-corrected chi connectivity index (χ3v) is 2.32. The third kappa shape index (κ3) is 3.89. The van der Waals surface area contributed by atoms with Crippen LogP contribution in [0.1, 0.15) is 11.1 Å². The minimum Gasteiger partial charge on any atom is -0.391 e. The van der Waals surface area contributed by atoms with Gasteiger partial charge in [0.05, 0.1) is 6.21 Å². The van der Waals surface area contributed by atoms with Crippen molar-refractivity contribution in [2.45, 2.75) is 6.61 Å². The van der Waals surface area contributed by atoms with Crippen LogP contribution in [0.2, 0.25) is 5.15 Å². The van der Waals surface area contributed by atoms with Crippen LogP contribution in [0.25, 0.3) is 0 Å². The molecule has 86 valence electrons. The fourth-order valence-corrected chi connectivity index (χ4v) is 1.36. The van der Waals surface area contributed by atoms with Crippen molar-refractivity contribution in [1.82, 2.24) is 4.98 Å². The standard InChI is InChI=1S/C13H11ClN2O/c14-13-7-6-12(8-15-13)9-16-17-10-11-4-2-1-3-5-11/h1-9H,10H2/b16-9+. The van der Waals surface area contributed by atoms with E-state index in [1.165, 1.54) is 0 Å². The highest BCUT2D eigenvalue weighted by molar-refractivity contribution is 6.29. The SMILES string of the molecule is Clc1ccc(/C=N/OCc2ccccc2)cn1. The lowest BCUT2D eigenvalue weighted by molar-refractivity contribution is 0.132. The van der Waals surface area contributed by atoms with E-state index in [0.29, 0.717) is 11.8 Å². The van der Waals surface area contributed by atoms with Gasteiger partial charge in [0.1, 0.15) is 11.8 Å². The van der Waals surface area contributed by atoms with E-state index in [-0.39, 0.29) is 0 Å². The average Bonchev–Trinajstić information content (AvgIpc) is 2.38. The maximum atomic E-state index is 5.67. The molecule has 0 amide bonds. The van der Waals surface area contributed by atoms with Gasteiger partial charge in [0.2, 0.25) is 0 Å². The Morgan fingerprint density at radius 2 is 2.00 bits per heavy atom. The molecule has 0 saturated carbocycles. The minimum absolute atomic E-state index is 0.457. The Labute approximate surface area is 105 Å². The van der Waals surface area contributed by atoms with Crippen molar-refractivity contribution in [1.29, 1.82) is 0 Å². The van der Waals surface area contributed by atoms with Crippen molar-refractivity contribution < 1.29 is 4.84 Å². The van der Waals surface area contributed by atoms with Crippen LogP contribution in [0, 0.1) is 0 Å². The summed E-state index contributed by atoms with van der Waals surface area (Å²) in [5, 5.41) is 4.32. The molecule has 1 aromatic carbocycles. The monoisotopic (exact) mass is 246 g/mol. The predicted molar refractivity (Wildman–Crippen MR) is 68.1 cm³/mol. The summed E-state index contributed by atoms with van der Waals surface area (Å²) >= 11 is 5.67. The van der Waals surface area contributed by atoms with Crippen molar-refractivity contribution in [3.8, 4) is 0 Å². The molecule has 0 saturated heterocycles. The zero-order valence-electron chi connectivity index (χ0n) is 9.08. The van der Waals surface area contributed by atoms with Crippen molar-refractivity contribution in [3.63, 3.8) is 0 Å². The molecule has 0 radical (unpaired) electrons. The molecule has 0 unspecified atom stereocenters. The van der Waals surface area contributed by atoms with E-state index in [1.54, 1.807) is 18.5 Å². The summed E-state index contributed by atoms with van der Waals surface area (Å²) in [7, 11) is 0. The summed E-state index contributed by atoms with van der Waals surface area (Å²) in [4.78, 5) is 9.10. The Morgan fingerprint density at radius 1 is 1.18 bits per heavy atom. The molecule has 0 atom stereocenters. The maximum absolute atomic E-state index is 5.67. The lowest BCUT2D eigenvalue weighted by Crippen LogP contribution is -1.88. The Morgan fingerprint density at radius 3 is 2.71 bits per heavy atom. The van der Waals surface area contributed by atoms with Gasteiger partial charge in [-0.3, -0.25) is 0 Å². The summed E-state index contributed by atoms with van der Waals surface area (Å²) in [6, 6.07) is 13.4. The van der Waals surface area contributed by atoms with Crippen molar-refractivity contribution in [2.75, 3.05) is 0 Å². The van der Waals surface area contributed by atoms with Gasteiger partial charge in [-0.2, -0.15) is 0 Å². The van der Waals surface area contributed by atoms with Gasteiger partial charge < -0.3 is 4.84 Å². The molecule has 3 nitrogen and oxygen atoms in total. The fraction of sp³-hybridized carbons (Fsp3) is 0.0769. The quantitative estimate of drug-likeness (QED) is 0.471. The van der Waals surface area contributed by atoms with Crippen LogP contribution in [-0.4, -0.2) is 11.2 Å². The molecule has 2 rings (SSSR count). The highest BCUT2D eigenvalue weighted by atomic mass is 35.5. The van der Waals surface area contributed by atoms with E-state index in [4.69, 9.17) is 16.4 Å². The van der Waals surface area contributed by atoms with Crippen molar-refractivity contribution >= 4 is 17.8 Å². The van der Waals surface area contributed by atoms with Crippen LogP contribution < -0.4 is 0 Å². The molecule has 1 aromatic heterocycles. The lowest BCUT2D eigenvalue weighted by atomic mass is 10.2. The van der Waals surface area contributed by atoms with Gasteiger partial charge in [-0.05, 0) is 17.7 Å². The second-order valence-corrected chi connectivity index (χ2v) is 3.80. The largest absolute Gasteiger partial charge is 0.391 e. The van der Waals surface area contributed by atoms with Crippen molar-refractivity contribution in [2.24, 2.45) is 5.16 Å². The summed E-state index contributed by atoms with van der Waals surface area (Å²) in [6.07, 6.45) is 3.24. The van der Waals surface area contributed by atoms with E-state index in [1.807, 2.05) is 36.4 Å². The first-order valence-corrected chi connectivity index (χ1v) is 5.53. The van der Waals surface area contributed by atoms with Gasteiger partial charge >= 0.3 is 0 Å². The highest BCUT2D eigenvalue weighted by Crippen LogP contribution is 2.04. The topological polar surface area (TPSA) is 34.5 Å². The summed E-state index contributed by atoms with van der Waals surface area (Å²) in [5.41, 5.74) is 1.93. The molecule has 0 N–H and O–H groups in total. The third-order valence-electron chi connectivity index (χ3n) is 2.10. The molecule has 0 fully saturated rings. The summed E-state index contributed by atoms with van der Waals surface area (Å²) < 4.78 is 0. The highest BCUT2D eigenvalue weighted by Gasteiger charge is 1.91. The molecular weight excluding hydrogens is 236 g/mol. The Balaban J connectivity index is 1.84. The fourth-order valence-electron chi connectivity index (χ4n) is 1.25. The predicted octanol–water partition coefficient (Wildman–Crippen LogP) is 3.29. The molecule has 0 aliphatic carbocycles. The molecule has 0 spiro atoms. The van der Waals surface area contributed by atoms with E-state index in [9.17, 15) is 0 Å². The lowest BCUT2D eigenvalue weighted by Gasteiger charge is -1.98. The number of halogens is 1. The molecule has 2 aromatic rings. The minimum atomic E-state index is 0.457. The van der Waals surface area contributed by atoms with Crippen LogP contribution in [0.4, 0.5) is 0 Å². The van der Waals surface area contributed by atoms with Gasteiger partial charge in [-0.1, -0.05) is 47.1 Å². The Kier molecular flexibility index (Phi) is 4.11.